The summed E-state index contributed by atoms with van der Waals surface area (Å²) < 4.78 is 10.7. The van der Waals surface area contributed by atoms with Crippen LogP contribution >= 0.6 is 0 Å². The minimum atomic E-state index is -0.243. The van der Waals surface area contributed by atoms with Gasteiger partial charge < -0.3 is 24.6 Å². The van der Waals surface area contributed by atoms with Crippen LogP contribution in [0.1, 0.15) is 6.92 Å². The molecule has 1 N–H and O–H groups in total. The number of amides is 1. The highest BCUT2D eigenvalue weighted by atomic mass is 16.5. The number of benzene rings is 1. The first kappa shape index (κ1) is 16.1. The van der Waals surface area contributed by atoms with Crippen molar-refractivity contribution in [2.45, 2.75) is 13.0 Å². The largest absolute Gasteiger partial charge is 0.378 e. The molecule has 0 radical (unpaired) electrons. The van der Waals surface area contributed by atoms with Crippen molar-refractivity contribution in [3.05, 3.63) is 24.3 Å². The molecule has 23 heavy (non-hydrogen) atoms. The molecule has 2 aliphatic rings. The van der Waals surface area contributed by atoms with Crippen molar-refractivity contribution in [1.29, 1.82) is 0 Å². The van der Waals surface area contributed by atoms with E-state index in [1.54, 1.807) is 0 Å². The Kier molecular flexibility index (Phi) is 5.35. The maximum Gasteiger partial charge on any atom is 0.244 e. The lowest BCUT2D eigenvalue weighted by Gasteiger charge is -2.31. The number of nitrogens with zero attached hydrogens (tertiary/aromatic N) is 2. The SMILES string of the molecule is CC(Nc1cccc(N2CCOCC2)c1)C(=O)N1CCOCC1. The van der Waals surface area contributed by atoms with Gasteiger partial charge in [-0.1, -0.05) is 6.07 Å². The van der Waals surface area contributed by atoms with Crippen molar-refractivity contribution in [2.75, 3.05) is 62.8 Å². The number of morpholine rings is 2. The molecule has 1 atom stereocenters. The first-order valence-corrected chi connectivity index (χ1v) is 8.30. The summed E-state index contributed by atoms with van der Waals surface area (Å²) in [5, 5.41) is 3.33. The fraction of sp³-hybridized carbons (Fsp3) is 0.588. The Morgan fingerprint density at radius 1 is 1.09 bits per heavy atom. The zero-order valence-corrected chi connectivity index (χ0v) is 13.7. The number of carbonyl (C=O) groups is 1. The van der Waals surface area contributed by atoms with Gasteiger partial charge in [-0.3, -0.25) is 4.79 Å². The van der Waals surface area contributed by atoms with Gasteiger partial charge in [-0.15, -0.1) is 0 Å². The van der Waals surface area contributed by atoms with Gasteiger partial charge in [-0.25, -0.2) is 0 Å². The van der Waals surface area contributed by atoms with E-state index in [1.165, 1.54) is 5.69 Å². The molecule has 0 aliphatic carbocycles. The van der Waals surface area contributed by atoms with Gasteiger partial charge >= 0.3 is 0 Å². The summed E-state index contributed by atoms with van der Waals surface area (Å²) in [5.41, 5.74) is 2.15. The van der Waals surface area contributed by atoms with Gasteiger partial charge in [-0.05, 0) is 25.1 Å². The summed E-state index contributed by atoms with van der Waals surface area (Å²) in [4.78, 5) is 16.6. The van der Waals surface area contributed by atoms with Crippen molar-refractivity contribution in [3.8, 4) is 0 Å². The lowest BCUT2D eigenvalue weighted by molar-refractivity contribution is -0.135. The maximum atomic E-state index is 12.5. The van der Waals surface area contributed by atoms with Gasteiger partial charge in [0.05, 0.1) is 26.4 Å². The van der Waals surface area contributed by atoms with Crippen molar-refractivity contribution >= 4 is 17.3 Å². The summed E-state index contributed by atoms with van der Waals surface area (Å²) >= 11 is 0. The average Bonchev–Trinajstić information content (AvgIpc) is 2.63. The van der Waals surface area contributed by atoms with Crippen molar-refractivity contribution in [3.63, 3.8) is 0 Å². The third-order valence-electron chi connectivity index (χ3n) is 4.30. The third-order valence-corrected chi connectivity index (χ3v) is 4.30. The monoisotopic (exact) mass is 319 g/mol. The van der Waals surface area contributed by atoms with Crippen LogP contribution in [0.3, 0.4) is 0 Å². The molecule has 1 unspecified atom stereocenters. The Labute approximate surface area is 137 Å². The molecule has 0 saturated carbocycles. The lowest BCUT2D eigenvalue weighted by Crippen LogP contribution is -2.47. The zero-order valence-electron chi connectivity index (χ0n) is 13.7. The average molecular weight is 319 g/mol. The van der Waals surface area contributed by atoms with Crippen LogP contribution in [0.25, 0.3) is 0 Å². The molecule has 2 aliphatic heterocycles. The Balaban J connectivity index is 1.61. The van der Waals surface area contributed by atoms with Crippen molar-refractivity contribution in [2.24, 2.45) is 0 Å². The Hall–Kier alpha value is -1.79. The van der Waals surface area contributed by atoms with Crippen LogP contribution in [0.2, 0.25) is 0 Å². The molecule has 2 saturated heterocycles. The molecule has 0 bridgehead atoms. The van der Waals surface area contributed by atoms with E-state index < -0.39 is 0 Å². The molecule has 1 aromatic carbocycles. The number of ether oxygens (including phenoxy) is 2. The quantitative estimate of drug-likeness (QED) is 0.903. The summed E-state index contributed by atoms with van der Waals surface area (Å²) in [5.74, 6) is 0.130. The van der Waals surface area contributed by atoms with Gasteiger partial charge in [0.25, 0.3) is 0 Å². The molecular weight excluding hydrogens is 294 g/mol. The minimum absolute atomic E-state index is 0.130. The first-order chi connectivity index (χ1) is 11.2. The van der Waals surface area contributed by atoms with Crippen molar-refractivity contribution in [1.82, 2.24) is 4.90 Å². The smallest absolute Gasteiger partial charge is 0.244 e. The van der Waals surface area contributed by atoms with Gasteiger partial charge in [-0.2, -0.15) is 0 Å². The van der Waals surface area contributed by atoms with Gasteiger partial charge in [0.15, 0.2) is 0 Å². The highest BCUT2D eigenvalue weighted by molar-refractivity contribution is 5.84. The van der Waals surface area contributed by atoms with E-state index in [0.717, 1.165) is 32.0 Å². The van der Waals surface area contributed by atoms with E-state index >= 15 is 0 Å². The van der Waals surface area contributed by atoms with Gasteiger partial charge in [0, 0.05) is 37.6 Å². The van der Waals surface area contributed by atoms with Crippen LogP contribution in [0.4, 0.5) is 11.4 Å². The predicted octanol–water partition coefficient (Wildman–Crippen LogP) is 1.18. The van der Waals surface area contributed by atoms with Crippen LogP contribution in [0, 0.1) is 0 Å². The Bertz CT molecular complexity index is 526. The van der Waals surface area contributed by atoms with Crippen molar-refractivity contribution < 1.29 is 14.3 Å². The molecule has 1 aromatic rings. The van der Waals surface area contributed by atoms with Gasteiger partial charge in [0.2, 0.25) is 5.91 Å². The van der Waals surface area contributed by atoms with E-state index in [-0.39, 0.29) is 11.9 Å². The molecule has 1 amide bonds. The fourth-order valence-corrected chi connectivity index (χ4v) is 2.98. The third kappa shape index (κ3) is 4.14. The number of hydrogen-bond donors (Lipinski definition) is 1. The number of hydrogen-bond acceptors (Lipinski definition) is 5. The highest BCUT2D eigenvalue weighted by Crippen LogP contribution is 2.21. The number of rotatable bonds is 4. The second kappa shape index (κ2) is 7.66. The van der Waals surface area contributed by atoms with E-state index in [2.05, 4.69) is 22.3 Å². The minimum Gasteiger partial charge on any atom is -0.378 e. The van der Waals surface area contributed by atoms with Crippen LogP contribution < -0.4 is 10.2 Å². The first-order valence-electron chi connectivity index (χ1n) is 8.30. The summed E-state index contributed by atoms with van der Waals surface area (Å²) in [6, 6.07) is 8.00. The van der Waals surface area contributed by atoms with Crippen LogP contribution in [-0.2, 0) is 14.3 Å². The molecule has 2 fully saturated rings. The van der Waals surface area contributed by atoms with Crippen LogP contribution in [0.15, 0.2) is 24.3 Å². The topological polar surface area (TPSA) is 54.0 Å². The number of carbonyl (C=O) groups excluding carboxylic acids is 1. The number of anilines is 2. The number of nitrogens with one attached hydrogen (secondary N) is 1. The lowest BCUT2D eigenvalue weighted by atomic mass is 10.2. The molecule has 2 heterocycles. The molecule has 6 nitrogen and oxygen atoms in total. The molecular formula is C17H25N3O3. The molecule has 3 rings (SSSR count). The van der Waals surface area contributed by atoms with E-state index in [0.29, 0.717) is 26.3 Å². The van der Waals surface area contributed by atoms with Gasteiger partial charge in [0.1, 0.15) is 6.04 Å². The fourth-order valence-electron chi connectivity index (χ4n) is 2.98. The summed E-state index contributed by atoms with van der Waals surface area (Å²) in [7, 11) is 0. The van der Waals surface area contributed by atoms with E-state index in [9.17, 15) is 4.79 Å². The van der Waals surface area contributed by atoms with E-state index in [1.807, 2.05) is 24.0 Å². The summed E-state index contributed by atoms with van der Waals surface area (Å²) in [6.07, 6.45) is 0. The Morgan fingerprint density at radius 3 is 2.43 bits per heavy atom. The van der Waals surface area contributed by atoms with E-state index in [4.69, 9.17) is 9.47 Å². The van der Waals surface area contributed by atoms with Crippen LogP contribution in [-0.4, -0.2) is 69.5 Å². The molecule has 6 heteroatoms. The summed E-state index contributed by atoms with van der Waals surface area (Å²) in [6.45, 7) is 7.89. The second-order valence-corrected chi connectivity index (χ2v) is 5.95. The highest BCUT2D eigenvalue weighted by Gasteiger charge is 2.22. The normalized spacial score (nSPS) is 20.2. The Morgan fingerprint density at radius 2 is 1.74 bits per heavy atom. The standard InChI is InChI=1S/C17H25N3O3/c1-14(17(21)20-7-11-23-12-8-20)18-15-3-2-4-16(13-15)19-5-9-22-10-6-19/h2-4,13-14,18H,5-12H2,1H3. The molecule has 0 aromatic heterocycles. The predicted molar refractivity (Wildman–Crippen MR) is 90.0 cm³/mol. The van der Waals surface area contributed by atoms with Crippen LogP contribution in [0.5, 0.6) is 0 Å². The zero-order chi connectivity index (χ0) is 16.1. The second-order valence-electron chi connectivity index (χ2n) is 5.95. The molecule has 0 spiro atoms. The maximum absolute atomic E-state index is 12.5. The molecule has 126 valence electrons.